The Morgan fingerprint density at radius 2 is 2.22 bits per heavy atom. The van der Waals surface area contributed by atoms with Gasteiger partial charge in [0.15, 0.2) is 5.96 Å². The van der Waals surface area contributed by atoms with E-state index in [1.807, 2.05) is 31.2 Å². The summed E-state index contributed by atoms with van der Waals surface area (Å²) in [6, 6.07) is 7.77. The minimum absolute atomic E-state index is 0. The number of hydrogen-bond donors (Lipinski definition) is 2. The third-order valence-electron chi connectivity index (χ3n) is 2.11. The summed E-state index contributed by atoms with van der Waals surface area (Å²) in [6.45, 7) is 7.36. The molecular weight excluding hydrogens is 341 g/mol. The molecular formula is C13H20IN3O. The molecule has 100 valence electrons. The molecule has 0 aliphatic rings. The number of ether oxygens (including phenoxy) is 1. The van der Waals surface area contributed by atoms with Gasteiger partial charge in [0.2, 0.25) is 0 Å². The molecule has 0 aliphatic heterocycles. The number of nitrogens with zero attached hydrogens (tertiary/aromatic N) is 1. The van der Waals surface area contributed by atoms with E-state index >= 15 is 0 Å². The Morgan fingerprint density at radius 3 is 2.89 bits per heavy atom. The summed E-state index contributed by atoms with van der Waals surface area (Å²) < 4.78 is 5.53. The summed E-state index contributed by atoms with van der Waals surface area (Å²) in [5, 5.41) is 2.95. The molecule has 0 saturated carbocycles. The van der Waals surface area contributed by atoms with Crippen molar-refractivity contribution in [3.05, 3.63) is 42.5 Å². The molecule has 0 fully saturated rings. The molecule has 0 spiro atoms. The molecule has 0 amide bonds. The molecule has 1 rings (SSSR count). The molecule has 0 unspecified atom stereocenters. The molecule has 0 heterocycles. The number of nitrogens with one attached hydrogen (secondary N) is 1. The van der Waals surface area contributed by atoms with Crippen molar-refractivity contribution in [3.63, 3.8) is 0 Å². The first kappa shape index (κ1) is 16.8. The zero-order chi connectivity index (χ0) is 12.5. The number of nitrogens with two attached hydrogens (primary N) is 1. The van der Waals surface area contributed by atoms with Crippen LogP contribution < -0.4 is 15.8 Å². The molecule has 0 aliphatic carbocycles. The van der Waals surface area contributed by atoms with Crippen LogP contribution in [0.2, 0.25) is 0 Å². The van der Waals surface area contributed by atoms with E-state index in [0.29, 0.717) is 19.1 Å². The number of rotatable bonds is 6. The van der Waals surface area contributed by atoms with Gasteiger partial charge in [0, 0.05) is 12.1 Å². The highest BCUT2D eigenvalue weighted by Gasteiger charge is 2.01. The van der Waals surface area contributed by atoms with Crippen LogP contribution in [0.25, 0.3) is 0 Å². The van der Waals surface area contributed by atoms with Crippen molar-refractivity contribution in [2.45, 2.75) is 13.5 Å². The molecule has 0 bridgehead atoms. The first-order chi connectivity index (χ1) is 8.27. The van der Waals surface area contributed by atoms with Crippen molar-refractivity contribution >= 4 is 29.9 Å². The normalized spacial score (nSPS) is 10.4. The predicted molar refractivity (Wildman–Crippen MR) is 86.6 cm³/mol. The van der Waals surface area contributed by atoms with Gasteiger partial charge in [0.05, 0.1) is 6.54 Å². The van der Waals surface area contributed by atoms with E-state index in [4.69, 9.17) is 10.5 Å². The van der Waals surface area contributed by atoms with Gasteiger partial charge in [-0.3, -0.25) is 0 Å². The minimum Gasteiger partial charge on any atom is -0.489 e. The van der Waals surface area contributed by atoms with Crippen molar-refractivity contribution in [1.29, 1.82) is 0 Å². The van der Waals surface area contributed by atoms with Gasteiger partial charge in [-0.1, -0.05) is 30.9 Å². The van der Waals surface area contributed by atoms with E-state index < -0.39 is 0 Å². The van der Waals surface area contributed by atoms with Crippen LogP contribution in [-0.4, -0.2) is 19.1 Å². The second-order valence-corrected chi connectivity index (χ2v) is 3.44. The third-order valence-corrected chi connectivity index (χ3v) is 2.11. The van der Waals surface area contributed by atoms with Crippen molar-refractivity contribution in [3.8, 4) is 5.75 Å². The Labute approximate surface area is 125 Å². The Morgan fingerprint density at radius 1 is 1.50 bits per heavy atom. The summed E-state index contributed by atoms with van der Waals surface area (Å²) >= 11 is 0. The SMILES string of the molecule is C=CCOc1ccccc1CN=C(N)NCC.I. The molecule has 0 atom stereocenters. The van der Waals surface area contributed by atoms with Crippen LogP contribution in [0.5, 0.6) is 5.75 Å². The smallest absolute Gasteiger partial charge is 0.188 e. The average Bonchev–Trinajstić information content (AvgIpc) is 2.35. The standard InChI is InChI=1S/C13H19N3O.HI/c1-3-9-17-12-8-6-5-7-11(12)10-16-13(14)15-4-2;/h3,5-8H,1,4,9-10H2,2H3,(H3,14,15,16);1H. The van der Waals surface area contributed by atoms with E-state index in [1.165, 1.54) is 0 Å². The lowest BCUT2D eigenvalue weighted by Gasteiger charge is -2.08. The molecule has 0 radical (unpaired) electrons. The lowest BCUT2D eigenvalue weighted by molar-refractivity contribution is 0.359. The monoisotopic (exact) mass is 361 g/mol. The Kier molecular flexibility index (Phi) is 9.08. The van der Waals surface area contributed by atoms with E-state index in [2.05, 4.69) is 16.9 Å². The fraction of sp³-hybridized carbons (Fsp3) is 0.308. The summed E-state index contributed by atoms with van der Waals surface area (Å²) in [5.74, 6) is 1.27. The van der Waals surface area contributed by atoms with Crippen LogP contribution in [0, 0.1) is 0 Å². The summed E-state index contributed by atoms with van der Waals surface area (Å²) in [4.78, 5) is 4.23. The first-order valence-electron chi connectivity index (χ1n) is 5.63. The van der Waals surface area contributed by atoms with Gasteiger partial charge in [0.25, 0.3) is 0 Å². The van der Waals surface area contributed by atoms with Crippen LogP contribution in [0.15, 0.2) is 41.9 Å². The molecule has 4 nitrogen and oxygen atoms in total. The molecule has 0 saturated heterocycles. The number of guanidine groups is 1. The van der Waals surface area contributed by atoms with Gasteiger partial charge in [-0.15, -0.1) is 24.0 Å². The lowest BCUT2D eigenvalue weighted by atomic mass is 10.2. The van der Waals surface area contributed by atoms with E-state index in [-0.39, 0.29) is 24.0 Å². The zero-order valence-electron chi connectivity index (χ0n) is 10.6. The number of halogens is 1. The predicted octanol–water partition coefficient (Wildman–Crippen LogP) is 2.29. The van der Waals surface area contributed by atoms with Crippen molar-refractivity contribution in [2.24, 2.45) is 10.7 Å². The van der Waals surface area contributed by atoms with Gasteiger partial charge in [-0.2, -0.15) is 0 Å². The van der Waals surface area contributed by atoms with Crippen molar-refractivity contribution < 1.29 is 4.74 Å². The topological polar surface area (TPSA) is 59.6 Å². The van der Waals surface area contributed by atoms with Gasteiger partial charge in [0.1, 0.15) is 12.4 Å². The van der Waals surface area contributed by atoms with Crippen LogP contribution in [0.4, 0.5) is 0 Å². The van der Waals surface area contributed by atoms with Crippen LogP contribution >= 0.6 is 24.0 Å². The van der Waals surface area contributed by atoms with Gasteiger partial charge in [-0.25, -0.2) is 4.99 Å². The summed E-state index contributed by atoms with van der Waals surface area (Å²) in [7, 11) is 0. The largest absolute Gasteiger partial charge is 0.489 e. The third kappa shape index (κ3) is 5.90. The lowest BCUT2D eigenvalue weighted by Crippen LogP contribution is -2.31. The summed E-state index contributed by atoms with van der Waals surface area (Å²) in [5.41, 5.74) is 6.67. The van der Waals surface area contributed by atoms with Crippen molar-refractivity contribution in [1.82, 2.24) is 5.32 Å². The average molecular weight is 361 g/mol. The maximum Gasteiger partial charge on any atom is 0.188 e. The number of para-hydroxylation sites is 1. The molecule has 0 aromatic heterocycles. The Balaban J connectivity index is 0.00000289. The van der Waals surface area contributed by atoms with E-state index in [0.717, 1.165) is 17.9 Å². The maximum atomic E-state index is 5.66. The first-order valence-corrected chi connectivity index (χ1v) is 5.63. The Bertz CT molecular complexity index is 394. The molecule has 18 heavy (non-hydrogen) atoms. The highest BCUT2D eigenvalue weighted by atomic mass is 127. The fourth-order valence-electron chi connectivity index (χ4n) is 1.33. The zero-order valence-corrected chi connectivity index (χ0v) is 12.9. The highest BCUT2D eigenvalue weighted by molar-refractivity contribution is 14.0. The van der Waals surface area contributed by atoms with Crippen LogP contribution in [0.3, 0.4) is 0 Å². The van der Waals surface area contributed by atoms with Gasteiger partial charge in [-0.05, 0) is 13.0 Å². The second kappa shape index (κ2) is 9.76. The molecule has 3 N–H and O–H groups in total. The van der Waals surface area contributed by atoms with Crippen molar-refractivity contribution in [2.75, 3.05) is 13.2 Å². The molecule has 5 heteroatoms. The number of aliphatic imine (C=N–C) groups is 1. The fourth-order valence-corrected chi connectivity index (χ4v) is 1.33. The highest BCUT2D eigenvalue weighted by Crippen LogP contribution is 2.18. The Hall–Kier alpha value is -1.24. The molecule has 1 aromatic carbocycles. The quantitative estimate of drug-likeness (QED) is 0.354. The summed E-state index contributed by atoms with van der Waals surface area (Å²) in [6.07, 6.45) is 1.72. The van der Waals surface area contributed by atoms with Gasteiger partial charge >= 0.3 is 0 Å². The minimum atomic E-state index is 0. The molecule has 1 aromatic rings. The number of benzene rings is 1. The second-order valence-electron chi connectivity index (χ2n) is 3.44. The van der Waals surface area contributed by atoms with E-state index in [1.54, 1.807) is 6.08 Å². The van der Waals surface area contributed by atoms with Crippen LogP contribution in [-0.2, 0) is 6.54 Å². The number of hydrogen-bond acceptors (Lipinski definition) is 2. The van der Waals surface area contributed by atoms with E-state index in [9.17, 15) is 0 Å². The van der Waals surface area contributed by atoms with Crippen LogP contribution in [0.1, 0.15) is 12.5 Å². The maximum absolute atomic E-state index is 5.66. The van der Waals surface area contributed by atoms with Gasteiger partial charge < -0.3 is 15.8 Å².